The Kier molecular flexibility index (Phi) is 5.54. The zero-order chi connectivity index (χ0) is 19.0. The van der Waals surface area contributed by atoms with Crippen molar-refractivity contribution in [2.75, 3.05) is 19.3 Å². The highest BCUT2D eigenvalue weighted by Gasteiger charge is 2.41. The molecule has 5 nitrogen and oxygen atoms in total. The van der Waals surface area contributed by atoms with E-state index in [1.165, 1.54) is 18.2 Å². The normalized spacial score (nSPS) is 27.9. The van der Waals surface area contributed by atoms with Gasteiger partial charge in [0, 0.05) is 24.0 Å². The molecule has 2 aliphatic carbocycles. The predicted octanol–water partition coefficient (Wildman–Crippen LogP) is 3.50. The van der Waals surface area contributed by atoms with Crippen LogP contribution in [0.2, 0.25) is 0 Å². The molecule has 4 rings (SSSR count). The molecule has 3 atom stereocenters. The van der Waals surface area contributed by atoms with Crippen LogP contribution in [0.3, 0.4) is 0 Å². The third kappa shape index (κ3) is 3.91. The summed E-state index contributed by atoms with van der Waals surface area (Å²) in [4.78, 5) is 15.9. The second kappa shape index (κ2) is 7.76. The number of piperidine rings is 1. The summed E-state index contributed by atoms with van der Waals surface area (Å²) >= 11 is 1.49. The molecule has 0 radical (unpaired) electrons. The lowest BCUT2D eigenvalue weighted by Crippen LogP contribution is -2.39. The predicted molar refractivity (Wildman–Crippen MR) is 108 cm³/mol. The van der Waals surface area contributed by atoms with E-state index in [9.17, 15) is 13.2 Å². The summed E-state index contributed by atoms with van der Waals surface area (Å²) in [5.41, 5.74) is 0.514. The number of carbonyl (C=O) groups is 1. The first kappa shape index (κ1) is 19.3. The minimum absolute atomic E-state index is 0.0453. The molecule has 0 spiro atoms. The van der Waals surface area contributed by atoms with E-state index in [1.54, 1.807) is 18.2 Å². The molecule has 0 unspecified atom stereocenters. The molecule has 148 valence electrons. The summed E-state index contributed by atoms with van der Waals surface area (Å²) < 4.78 is 28.9. The van der Waals surface area contributed by atoms with Crippen LogP contribution in [-0.4, -0.2) is 44.6 Å². The first-order chi connectivity index (χ1) is 13.0. The van der Waals surface area contributed by atoms with E-state index in [0.717, 1.165) is 56.5 Å². The largest absolute Gasteiger partial charge is 0.339 e. The van der Waals surface area contributed by atoms with E-state index in [2.05, 4.69) is 4.72 Å². The van der Waals surface area contributed by atoms with Crippen molar-refractivity contribution < 1.29 is 13.2 Å². The van der Waals surface area contributed by atoms with Crippen LogP contribution < -0.4 is 4.72 Å². The van der Waals surface area contributed by atoms with Gasteiger partial charge in [0.2, 0.25) is 10.0 Å². The number of nitrogens with one attached hydrogen (secondary N) is 1. The quantitative estimate of drug-likeness (QED) is 0.757. The smallest absolute Gasteiger partial charge is 0.255 e. The van der Waals surface area contributed by atoms with Gasteiger partial charge >= 0.3 is 0 Å². The topological polar surface area (TPSA) is 66.5 Å². The Balaban J connectivity index is 1.58. The van der Waals surface area contributed by atoms with Crippen LogP contribution in [0.4, 0.5) is 0 Å². The molecule has 3 fully saturated rings. The van der Waals surface area contributed by atoms with Crippen LogP contribution in [0.15, 0.2) is 28.0 Å². The Hall–Kier alpha value is -1.05. The molecule has 27 heavy (non-hydrogen) atoms. The lowest BCUT2D eigenvalue weighted by atomic mass is 9.96. The van der Waals surface area contributed by atoms with Gasteiger partial charge in [-0.15, -0.1) is 11.8 Å². The Labute approximate surface area is 166 Å². The Morgan fingerprint density at radius 2 is 1.93 bits per heavy atom. The minimum Gasteiger partial charge on any atom is -0.339 e. The molecule has 1 aliphatic heterocycles. The van der Waals surface area contributed by atoms with Crippen LogP contribution >= 0.6 is 11.8 Å². The zero-order valence-corrected chi connectivity index (χ0v) is 17.4. The van der Waals surface area contributed by atoms with E-state index < -0.39 is 10.0 Å². The van der Waals surface area contributed by atoms with E-state index in [1.807, 2.05) is 11.2 Å². The summed E-state index contributed by atoms with van der Waals surface area (Å²) in [5, 5.41) is 0. The molecule has 2 bridgehead atoms. The highest BCUT2D eigenvalue weighted by Crippen LogP contribution is 2.44. The summed E-state index contributed by atoms with van der Waals surface area (Å²) in [7, 11) is -3.61. The Bertz CT molecular complexity index is 819. The highest BCUT2D eigenvalue weighted by molar-refractivity contribution is 7.98. The van der Waals surface area contributed by atoms with Crippen molar-refractivity contribution in [3.8, 4) is 0 Å². The summed E-state index contributed by atoms with van der Waals surface area (Å²) in [5.74, 6) is 1.11. The molecule has 7 heteroatoms. The van der Waals surface area contributed by atoms with Crippen LogP contribution in [-0.2, 0) is 10.0 Å². The van der Waals surface area contributed by atoms with Gasteiger partial charge in [-0.1, -0.05) is 6.42 Å². The van der Waals surface area contributed by atoms with Gasteiger partial charge in [0.15, 0.2) is 0 Å². The Morgan fingerprint density at radius 1 is 1.15 bits per heavy atom. The van der Waals surface area contributed by atoms with E-state index in [4.69, 9.17) is 0 Å². The number of sulfonamides is 1. The number of rotatable bonds is 5. The molecule has 1 amide bonds. The van der Waals surface area contributed by atoms with Gasteiger partial charge in [0.25, 0.3) is 5.91 Å². The molecule has 1 N–H and O–H groups in total. The third-order valence-corrected chi connectivity index (χ3v) is 8.68. The number of thioether (sulfide) groups is 1. The first-order valence-electron chi connectivity index (χ1n) is 9.97. The van der Waals surface area contributed by atoms with Gasteiger partial charge in [0.05, 0.1) is 10.5 Å². The SMILES string of the molecule is CSc1ccc(S(=O)(=O)N[C@H]2C[C@H]3CC[C@H]2C3)cc1C(=O)N1CCCCC1. The number of hydrogen-bond donors (Lipinski definition) is 1. The molecule has 1 aromatic carbocycles. The van der Waals surface area contributed by atoms with Gasteiger partial charge in [-0.2, -0.15) is 0 Å². The number of amides is 1. The second-order valence-corrected chi connectivity index (χ2v) is 10.7. The maximum Gasteiger partial charge on any atom is 0.255 e. The average molecular weight is 409 g/mol. The van der Waals surface area contributed by atoms with Crippen LogP contribution in [0, 0.1) is 11.8 Å². The lowest BCUT2D eigenvalue weighted by Gasteiger charge is -2.27. The number of carbonyl (C=O) groups excluding carboxylic acids is 1. The fourth-order valence-corrected chi connectivity index (χ4v) is 6.86. The lowest BCUT2D eigenvalue weighted by molar-refractivity contribution is 0.0720. The zero-order valence-electron chi connectivity index (χ0n) is 15.8. The molecule has 0 aromatic heterocycles. The van der Waals surface area contributed by atoms with Gasteiger partial charge < -0.3 is 4.90 Å². The van der Waals surface area contributed by atoms with Crippen molar-refractivity contribution in [3.63, 3.8) is 0 Å². The Morgan fingerprint density at radius 3 is 2.56 bits per heavy atom. The van der Waals surface area contributed by atoms with Crippen LogP contribution in [0.5, 0.6) is 0 Å². The van der Waals surface area contributed by atoms with Gasteiger partial charge in [-0.3, -0.25) is 4.79 Å². The third-order valence-electron chi connectivity index (χ3n) is 6.40. The van der Waals surface area contributed by atoms with Crippen LogP contribution in [0.25, 0.3) is 0 Å². The van der Waals surface area contributed by atoms with Crippen molar-refractivity contribution in [1.82, 2.24) is 9.62 Å². The second-order valence-electron chi connectivity index (χ2n) is 8.12. The van der Waals surface area contributed by atoms with E-state index >= 15 is 0 Å². The van der Waals surface area contributed by atoms with Gasteiger partial charge in [-0.25, -0.2) is 13.1 Å². The summed E-state index contributed by atoms with van der Waals surface area (Å²) in [6.45, 7) is 1.51. The van der Waals surface area contributed by atoms with E-state index in [0.29, 0.717) is 17.4 Å². The fourth-order valence-electron chi connectivity index (χ4n) is 4.95. The van der Waals surface area contributed by atoms with Crippen molar-refractivity contribution >= 4 is 27.7 Å². The van der Waals surface area contributed by atoms with Crippen molar-refractivity contribution in [2.45, 2.75) is 60.8 Å². The van der Waals surface area contributed by atoms with Gasteiger partial charge in [-0.05, 0) is 74.8 Å². The molecule has 1 aromatic rings. The molecule has 3 aliphatic rings. The maximum absolute atomic E-state index is 13.0. The minimum atomic E-state index is -3.61. The number of benzene rings is 1. The van der Waals surface area contributed by atoms with E-state index in [-0.39, 0.29) is 16.8 Å². The van der Waals surface area contributed by atoms with Crippen molar-refractivity contribution in [1.29, 1.82) is 0 Å². The molecular weight excluding hydrogens is 380 g/mol. The first-order valence-corrected chi connectivity index (χ1v) is 12.7. The number of fused-ring (bicyclic) bond motifs is 2. The fraction of sp³-hybridized carbons (Fsp3) is 0.650. The van der Waals surface area contributed by atoms with Crippen LogP contribution in [0.1, 0.15) is 55.3 Å². The monoisotopic (exact) mass is 408 g/mol. The molecule has 1 heterocycles. The molecule has 1 saturated heterocycles. The molecule has 2 saturated carbocycles. The number of nitrogens with zero attached hydrogens (tertiary/aromatic N) is 1. The summed E-state index contributed by atoms with van der Waals surface area (Å²) in [6.07, 6.45) is 9.57. The average Bonchev–Trinajstić information content (AvgIpc) is 3.30. The standard InChI is InChI=1S/C20H28N2O3S2/c1-26-19-8-7-16(13-17(19)20(23)22-9-3-2-4-10-22)27(24,25)21-18-12-14-5-6-15(18)11-14/h7-8,13-15,18,21H,2-6,9-12H2,1H3/t14-,15-,18-/m0/s1. The molecular formula is C20H28N2O3S2. The van der Waals surface area contributed by atoms with Crippen molar-refractivity contribution in [2.24, 2.45) is 11.8 Å². The highest BCUT2D eigenvalue weighted by atomic mass is 32.2. The number of hydrogen-bond acceptors (Lipinski definition) is 4. The van der Waals surface area contributed by atoms with Crippen molar-refractivity contribution in [3.05, 3.63) is 23.8 Å². The maximum atomic E-state index is 13.0. The number of likely N-dealkylation sites (tertiary alicyclic amines) is 1. The van der Waals surface area contributed by atoms with Gasteiger partial charge in [0.1, 0.15) is 0 Å². The summed E-state index contributed by atoms with van der Waals surface area (Å²) in [6, 6.07) is 5.04.